The third-order valence-corrected chi connectivity index (χ3v) is 3.03. The van der Waals surface area contributed by atoms with Crippen molar-refractivity contribution in [1.29, 1.82) is 0 Å². The Bertz CT molecular complexity index is 266. The summed E-state index contributed by atoms with van der Waals surface area (Å²) in [6.45, 7) is 6.16. The number of halogens is 1. The van der Waals surface area contributed by atoms with E-state index in [0.29, 0.717) is 0 Å². The van der Waals surface area contributed by atoms with Crippen LogP contribution in [0.3, 0.4) is 0 Å². The lowest BCUT2D eigenvalue weighted by atomic mass is 10.1. The van der Waals surface area contributed by atoms with E-state index in [-0.39, 0.29) is 0 Å². The Morgan fingerprint density at radius 1 is 1.18 bits per heavy atom. The van der Waals surface area contributed by atoms with Gasteiger partial charge in [-0.05, 0) is 43.5 Å². The molecule has 0 amide bonds. The van der Waals surface area contributed by atoms with E-state index in [4.69, 9.17) is 11.6 Å². The second kappa shape index (κ2) is 3.08. The highest BCUT2D eigenvalue weighted by Gasteiger charge is 2.04. The van der Waals surface area contributed by atoms with Gasteiger partial charge in [-0.3, -0.25) is 0 Å². The lowest BCUT2D eigenvalue weighted by Gasteiger charge is -2.08. The Kier molecular flexibility index (Phi) is 2.50. The van der Waals surface area contributed by atoms with E-state index in [1.54, 1.807) is 0 Å². The maximum absolute atomic E-state index is 5.98. The molecule has 0 saturated heterocycles. The number of thiol groups is 1. The van der Waals surface area contributed by atoms with Crippen LogP contribution in [0, 0.1) is 20.8 Å². The van der Waals surface area contributed by atoms with Crippen molar-refractivity contribution in [2.24, 2.45) is 0 Å². The first-order chi connectivity index (χ1) is 5.04. The topological polar surface area (TPSA) is 0 Å². The second-order valence-corrected chi connectivity index (χ2v) is 3.64. The van der Waals surface area contributed by atoms with Crippen LogP contribution < -0.4 is 0 Å². The van der Waals surface area contributed by atoms with E-state index in [0.717, 1.165) is 15.5 Å². The molecule has 0 radical (unpaired) electrons. The minimum absolute atomic E-state index is 0.774. The van der Waals surface area contributed by atoms with E-state index in [9.17, 15) is 0 Å². The normalized spacial score (nSPS) is 10.3. The Balaban J connectivity index is 3.46. The van der Waals surface area contributed by atoms with Crippen LogP contribution in [0.4, 0.5) is 0 Å². The lowest BCUT2D eigenvalue weighted by Crippen LogP contribution is -1.88. The van der Waals surface area contributed by atoms with Gasteiger partial charge in [0.2, 0.25) is 0 Å². The van der Waals surface area contributed by atoms with Crippen molar-refractivity contribution in [3.8, 4) is 0 Å². The molecular formula is C9H11ClS. The molecule has 0 bridgehead atoms. The fourth-order valence-electron chi connectivity index (χ4n) is 1.03. The third-order valence-electron chi connectivity index (χ3n) is 2.06. The Morgan fingerprint density at radius 2 is 1.73 bits per heavy atom. The van der Waals surface area contributed by atoms with E-state index < -0.39 is 0 Å². The molecule has 0 atom stereocenters. The predicted octanol–water partition coefficient (Wildman–Crippen LogP) is 3.55. The molecule has 0 heterocycles. The zero-order chi connectivity index (χ0) is 8.59. The van der Waals surface area contributed by atoms with Crippen molar-refractivity contribution in [3.05, 3.63) is 27.8 Å². The second-order valence-electron chi connectivity index (χ2n) is 2.78. The smallest absolute Gasteiger partial charge is 0.0571 e. The Morgan fingerprint density at radius 3 is 2.27 bits per heavy atom. The molecule has 2 heteroatoms. The van der Waals surface area contributed by atoms with Gasteiger partial charge in [0, 0.05) is 4.90 Å². The molecule has 0 aliphatic carbocycles. The summed E-state index contributed by atoms with van der Waals surface area (Å²) in [5.41, 5.74) is 3.64. The summed E-state index contributed by atoms with van der Waals surface area (Å²) in [6, 6.07) is 1.99. The van der Waals surface area contributed by atoms with Gasteiger partial charge in [-0.25, -0.2) is 0 Å². The van der Waals surface area contributed by atoms with Crippen molar-refractivity contribution in [2.45, 2.75) is 25.7 Å². The molecule has 1 rings (SSSR count). The first-order valence-electron chi connectivity index (χ1n) is 3.49. The van der Waals surface area contributed by atoms with Crippen molar-refractivity contribution in [3.63, 3.8) is 0 Å². The molecule has 0 spiro atoms. The maximum atomic E-state index is 5.98. The van der Waals surface area contributed by atoms with Crippen molar-refractivity contribution < 1.29 is 0 Å². The molecule has 0 saturated carbocycles. The molecule has 0 fully saturated rings. The monoisotopic (exact) mass is 186 g/mol. The molecule has 0 aromatic heterocycles. The molecule has 0 unspecified atom stereocenters. The highest BCUT2D eigenvalue weighted by Crippen LogP contribution is 2.28. The van der Waals surface area contributed by atoms with Crippen molar-refractivity contribution in [1.82, 2.24) is 0 Å². The minimum Gasteiger partial charge on any atom is -0.142 e. The van der Waals surface area contributed by atoms with E-state index in [1.165, 1.54) is 11.1 Å². The zero-order valence-corrected chi connectivity index (χ0v) is 8.55. The van der Waals surface area contributed by atoms with Crippen LogP contribution in [0.15, 0.2) is 11.0 Å². The SMILES string of the molecule is Cc1cc(S)c(Cl)c(C)c1C. The average molecular weight is 187 g/mol. The summed E-state index contributed by atoms with van der Waals surface area (Å²) in [7, 11) is 0. The predicted molar refractivity (Wildman–Crippen MR) is 52.9 cm³/mol. The first-order valence-corrected chi connectivity index (χ1v) is 4.32. The highest BCUT2D eigenvalue weighted by atomic mass is 35.5. The van der Waals surface area contributed by atoms with Crippen LogP contribution >= 0.6 is 24.2 Å². The van der Waals surface area contributed by atoms with Crippen molar-refractivity contribution >= 4 is 24.2 Å². The minimum atomic E-state index is 0.774. The van der Waals surface area contributed by atoms with Crippen LogP contribution in [-0.2, 0) is 0 Å². The maximum Gasteiger partial charge on any atom is 0.0571 e. The van der Waals surface area contributed by atoms with Gasteiger partial charge < -0.3 is 0 Å². The van der Waals surface area contributed by atoms with E-state index in [1.807, 2.05) is 13.0 Å². The van der Waals surface area contributed by atoms with Crippen LogP contribution in [0.2, 0.25) is 5.02 Å². The van der Waals surface area contributed by atoms with E-state index >= 15 is 0 Å². The van der Waals surface area contributed by atoms with Gasteiger partial charge in [0.25, 0.3) is 0 Å². The summed E-state index contributed by atoms with van der Waals surface area (Å²) in [6.07, 6.45) is 0. The molecule has 1 aromatic carbocycles. The quantitative estimate of drug-likeness (QED) is 0.589. The van der Waals surface area contributed by atoms with Crippen LogP contribution in [-0.4, -0.2) is 0 Å². The summed E-state index contributed by atoms with van der Waals surface area (Å²) in [4.78, 5) is 0.868. The molecule has 11 heavy (non-hydrogen) atoms. The molecule has 0 aliphatic rings. The van der Waals surface area contributed by atoms with Crippen LogP contribution in [0.25, 0.3) is 0 Å². The third kappa shape index (κ3) is 1.54. The number of hydrogen-bond donors (Lipinski definition) is 1. The zero-order valence-electron chi connectivity index (χ0n) is 6.90. The highest BCUT2D eigenvalue weighted by molar-refractivity contribution is 7.80. The van der Waals surface area contributed by atoms with Gasteiger partial charge in [-0.2, -0.15) is 0 Å². The molecule has 1 aromatic rings. The fourth-order valence-corrected chi connectivity index (χ4v) is 1.59. The Labute approximate surface area is 78.0 Å². The van der Waals surface area contributed by atoms with Gasteiger partial charge in [-0.1, -0.05) is 11.6 Å². The molecule has 0 nitrogen and oxygen atoms in total. The van der Waals surface area contributed by atoms with Gasteiger partial charge in [0.15, 0.2) is 0 Å². The summed E-state index contributed by atoms with van der Waals surface area (Å²) < 4.78 is 0. The first kappa shape index (κ1) is 8.95. The number of aryl methyl sites for hydroxylation is 1. The Hall–Kier alpha value is -0.140. The number of rotatable bonds is 0. The van der Waals surface area contributed by atoms with Gasteiger partial charge in [-0.15, -0.1) is 12.6 Å². The molecule has 60 valence electrons. The fraction of sp³-hybridized carbons (Fsp3) is 0.333. The van der Waals surface area contributed by atoms with E-state index in [2.05, 4.69) is 26.5 Å². The average Bonchev–Trinajstić information content (AvgIpc) is 1.97. The summed E-state index contributed by atoms with van der Waals surface area (Å²) in [5, 5.41) is 0.774. The standard InChI is InChI=1S/C9H11ClS/c1-5-4-8(11)9(10)7(3)6(5)2/h4,11H,1-3H3. The number of hydrogen-bond acceptors (Lipinski definition) is 1. The van der Waals surface area contributed by atoms with Crippen LogP contribution in [0.5, 0.6) is 0 Å². The molecule has 0 N–H and O–H groups in total. The molecular weight excluding hydrogens is 176 g/mol. The van der Waals surface area contributed by atoms with Crippen LogP contribution in [0.1, 0.15) is 16.7 Å². The number of benzene rings is 1. The lowest BCUT2D eigenvalue weighted by molar-refractivity contribution is 1.22. The summed E-state index contributed by atoms with van der Waals surface area (Å²) in [5.74, 6) is 0. The van der Waals surface area contributed by atoms with Gasteiger partial charge >= 0.3 is 0 Å². The largest absolute Gasteiger partial charge is 0.142 e. The summed E-state index contributed by atoms with van der Waals surface area (Å²) >= 11 is 10.2. The van der Waals surface area contributed by atoms with Gasteiger partial charge in [0.1, 0.15) is 0 Å². The van der Waals surface area contributed by atoms with Gasteiger partial charge in [0.05, 0.1) is 5.02 Å². The molecule has 0 aliphatic heterocycles. The van der Waals surface area contributed by atoms with Crippen molar-refractivity contribution in [2.75, 3.05) is 0 Å².